The number of methoxy groups -OCH3 is 2. The first-order valence-electron chi connectivity index (χ1n) is 7.95. The van der Waals surface area contributed by atoms with E-state index >= 15 is 0 Å². The van der Waals surface area contributed by atoms with E-state index in [1.165, 1.54) is 0 Å². The SMILES string of the molecule is COc1ccc(N2CC(C(=O)NCc3cccs3)CC2=O)c(OC)c1. The van der Waals surface area contributed by atoms with E-state index in [2.05, 4.69) is 5.32 Å². The summed E-state index contributed by atoms with van der Waals surface area (Å²) in [5.41, 5.74) is 0.654. The third kappa shape index (κ3) is 3.76. The number of nitrogens with one attached hydrogen (secondary N) is 1. The lowest BCUT2D eigenvalue weighted by molar-refractivity contribution is -0.126. The molecule has 1 aliphatic rings. The van der Waals surface area contributed by atoms with Gasteiger partial charge in [0.15, 0.2) is 0 Å². The number of nitrogens with zero attached hydrogens (tertiary/aromatic N) is 1. The van der Waals surface area contributed by atoms with Crippen molar-refractivity contribution in [3.8, 4) is 11.5 Å². The molecule has 3 rings (SSSR count). The van der Waals surface area contributed by atoms with Crippen molar-refractivity contribution in [3.63, 3.8) is 0 Å². The van der Waals surface area contributed by atoms with Crippen molar-refractivity contribution in [3.05, 3.63) is 40.6 Å². The van der Waals surface area contributed by atoms with Crippen molar-refractivity contribution in [2.75, 3.05) is 25.7 Å². The van der Waals surface area contributed by atoms with E-state index in [0.29, 0.717) is 30.3 Å². The molecule has 2 amide bonds. The van der Waals surface area contributed by atoms with Crippen LogP contribution in [0.15, 0.2) is 35.7 Å². The van der Waals surface area contributed by atoms with Gasteiger partial charge in [0.1, 0.15) is 11.5 Å². The number of amides is 2. The highest BCUT2D eigenvalue weighted by Crippen LogP contribution is 2.35. The number of anilines is 1. The minimum absolute atomic E-state index is 0.0836. The lowest BCUT2D eigenvalue weighted by Gasteiger charge is -2.20. The zero-order valence-corrected chi connectivity index (χ0v) is 15.0. The van der Waals surface area contributed by atoms with Gasteiger partial charge in [0.05, 0.1) is 32.4 Å². The Bertz CT molecular complexity index is 760. The molecule has 1 aliphatic heterocycles. The molecule has 0 spiro atoms. The third-order valence-corrected chi connectivity index (χ3v) is 5.07. The summed E-state index contributed by atoms with van der Waals surface area (Å²) in [7, 11) is 3.12. The van der Waals surface area contributed by atoms with Gasteiger partial charge in [-0.25, -0.2) is 0 Å². The van der Waals surface area contributed by atoms with Crippen LogP contribution < -0.4 is 19.7 Å². The van der Waals surface area contributed by atoms with Gasteiger partial charge >= 0.3 is 0 Å². The zero-order chi connectivity index (χ0) is 17.8. The fraction of sp³-hybridized carbons (Fsp3) is 0.333. The number of carbonyl (C=O) groups excluding carboxylic acids is 2. The molecule has 0 bridgehead atoms. The van der Waals surface area contributed by atoms with E-state index in [4.69, 9.17) is 9.47 Å². The lowest BCUT2D eigenvalue weighted by atomic mass is 10.1. The second kappa shape index (κ2) is 7.57. The van der Waals surface area contributed by atoms with Crippen LogP contribution in [-0.2, 0) is 16.1 Å². The van der Waals surface area contributed by atoms with Gasteiger partial charge in [0.25, 0.3) is 0 Å². The molecule has 6 nitrogen and oxygen atoms in total. The van der Waals surface area contributed by atoms with E-state index < -0.39 is 0 Å². The predicted octanol–water partition coefficient (Wildman–Crippen LogP) is 2.43. The van der Waals surface area contributed by atoms with Gasteiger partial charge in [-0.05, 0) is 23.6 Å². The maximum Gasteiger partial charge on any atom is 0.227 e. The van der Waals surface area contributed by atoms with E-state index in [9.17, 15) is 9.59 Å². The number of ether oxygens (including phenoxy) is 2. The Morgan fingerprint density at radius 1 is 1.32 bits per heavy atom. The quantitative estimate of drug-likeness (QED) is 0.859. The van der Waals surface area contributed by atoms with Crippen molar-refractivity contribution in [1.29, 1.82) is 0 Å². The normalized spacial score (nSPS) is 16.8. The fourth-order valence-corrected chi connectivity index (χ4v) is 3.50. The Morgan fingerprint density at radius 3 is 2.84 bits per heavy atom. The molecule has 1 aromatic carbocycles. The summed E-state index contributed by atoms with van der Waals surface area (Å²) in [6, 6.07) is 9.20. The highest BCUT2D eigenvalue weighted by Gasteiger charge is 2.36. The van der Waals surface area contributed by atoms with Crippen LogP contribution in [0.1, 0.15) is 11.3 Å². The second-order valence-corrected chi connectivity index (χ2v) is 6.77. The number of hydrogen-bond acceptors (Lipinski definition) is 5. The molecule has 1 atom stereocenters. The Hall–Kier alpha value is -2.54. The summed E-state index contributed by atoms with van der Waals surface area (Å²) in [6.07, 6.45) is 0.200. The molecule has 1 fully saturated rings. The third-order valence-electron chi connectivity index (χ3n) is 4.19. The van der Waals surface area contributed by atoms with Crippen molar-refractivity contribution in [2.24, 2.45) is 5.92 Å². The van der Waals surface area contributed by atoms with E-state index in [1.807, 2.05) is 17.5 Å². The Balaban J connectivity index is 1.69. The van der Waals surface area contributed by atoms with Gasteiger partial charge in [0, 0.05) is 23.9 Å². The minimum atomic E-state index is -0.362. The number of hydrogen-bond donors (Lipinski definition) is 1. The van der Waals surface area contributed by atoms with Crippen LogP contribution in [0.5, 0.6) is 11.5 Å². The molecule has 1 N–H and O–H groups in total. The predicted molar refractivity (Wildman–Crippen MR) is 96.2 cm³/mol. The summed E-state index contributed by atoms with van der Waals surface area (Å²) in [4.78, 5) is 27.5. The summed E-state index contributed by atoms with van der Waals surface area (Å²) in [5, 5.41) is 4.88. The maximum absolute atomic E-state index is 12.4. The van der Waals surface area contributed by atoms with Crippen LogP contribution in [0.2, 0.25) is 0 Å². The molecule has 2 heterocycles. The summed E-state index contributed by atoms with van der Waals surface area (Å²) in [6.45, 7) is 0.838. The number of rotatable bonds is 6. The average molecular weight is 360 g/mol. The largest absolute Gasteiger partial charge is 0.497 e. The van der Waals surface area contributed by atoms with Crippen LogP contribution in [0.25, 0.3) is 0 Å². The lowest BCUT2D eigenvalue weighted by Crippen LogP contribution is -2.32. The summed E-state index contributed by atoms with van der Waals surface area (Å²) < 4.78 is 10.5. The Morgan fingerprint density at radius 2 is 2.16 bits per heavy atom. The highest BCUT2D eigenvalue weighted by molar-refractivity contribution is 7.09. The monoisotopic (exact) mass is 360 g/mol. The molecule has 25 heavy (non-hydrogen) atoms. The molecule has 0 radical (unpaired) electrons. The van der Waals surface area contributed by atoms with Gasteiger partial charge in [-0.2, -0.15) is 0 Å². The molecule has 1 aromatic heterocycles. The highest BCUT2D eigenvalue weighted by atomic mass is 32.1. The standard InChI is InChI=1S/C18H20N2O4S/c1-23-13-5-6-15(16(9-13)24-2)20-11-12(8-17(20)21)18(22)19-10-14-4-3-7-25-14/h3-7,9,12H,8,10-11H2,1-2H3,(H,19,22). The van der Waals surface area contributed by atoms with Gasteiger partial charge in [0.2, 0.25) is 11.8 Å². The molecule has 1 saturated heterocycles. The van der Waals surface area contributed by atoms with E-state index in [1.54, 1.807) is 48.7 Å². The van der Waals surface area contributed by atoms with Crippen LogP contribution in [0, 0.1) is 5.92 Å². The first-order chi connectivity index (χ1) is 12.1. The van der Waals surface area contributed by atoms with Gasteiger partial charge in [-0.1, -0.05) is 6.07 Å². The van der Waals surface area contributed by atoms with Gasteiger partial charge in [-0.3, -0.25) is 9.59 Å². The summed E-state index contributed by atoms with van der Waals surface area (Å²) >= 11 is 1.59. The molecular weight excluding hydrogens is 340 g/mol. The molecule has 0 saturated carbocycles. The molecule has 2 aromatic rings. The van der Waals surface area contributed by atoms with Gasteiger partial charge < -0.3 is 19.7 Å². The topological polar surface area (TPSA) is 67.9 Å². The maximum atomic E-state index is 12.4. The Kier molecular flexibility index (Phi) is 5.23. The van der Waals surface area contributed by atoms with Crippen molar-refractivity contribution in [2.45, 2.75) is 13.0 Å². The summed E-state index contributed by atoms with van der Waals surface area (Å²) in [5.74, 6) is 0.653. The first-order valence-corrected chi connectivity index (χ1v) is 8.83. The number of thiophene rings is 1. The molecule has 0 aliphatic carbocycles. The van der Waals surface area contributed by atoms with Crippen LogP contribution in [-0.4, -0.2) is 32.6 Å². The average Bonchev–Trinajstić information content (AvgIpc) is 3.28. The molecular formula is C18H20N2O4S. The number of benzene rings is 1. The fourth-order valence-electron chi connectivity index (χ4n) is 2.86. The van der Waals surface area contributed by atoms with Gasteiger partial charge in [-0.15, -0.1) is 11.3 Å². The van der Waals surface area contributed by atoms with Crippen molar-refractivity contribution in [1.82, 2.24) is 5.32 Å². The van der Waals surface area contributed by atoms with E-state index in [0.717, 1.165) is 4.88 Å². The molecule has 1 unspecified atom stereocenters. The molecule has 7 heteroatoms. The minimum Gasteiger partial charge on any atom is -0.497 e. The molecule has 132 valence electrons. The van der Waals surface area contributed by atoms with Crippen LogP contribution in [0.4, 0.5) is 5.69 Å². The smallest absolute Gasteiger partial charge is 0.227 e. The Labute approximate surface area is 150 Å². The second-order valence-electron chi connectivity index (χ2n) is 5.74. The van der Waals surface area contributed by atoms with Crippen molar-refractivity contribution >= 4 is 28.8 Å². The van der Waals surface area contributed by atoms with Crippen molar-refractivity contribution < 1.29 is 19.1 Å². The van der Waals surface area contributed by atoms with Crippen LogP contribution >= 0.6 is 11.3 Å². The first kappa shape index (κ1) is 17.3. The van der Waals surface area contributed by atoms with E-state index in [-0.39, 0.29) is 24.2 Å². The zero-order valence-electron chi connectivity index (χ0n) is 14.2. The number of carbonyl (C=O) groups is 2. The van der Waals surface area contributed by atoms with Crippen LogP contribution in [0.3, 0.4) is 0 Å².